The van der Waals surface area contributed by atoms with Gasteiger partial charge < -0.3 is 15.5 Å². The first-order chi connectivity index (χ1) is 14.6. The zero-order chi connectivity index (χ0) is 20.7. The SMILES string of the molecule is O=C1CCC(N2Cc3cccc(CNC4CCCC5CCCNC54)c3C2=O)C(=O)N1. The van der Waals surface area contributed by atoms with E-state index < -0.39 is 6.04 Å². The first-order valence-electron chi connectivity index (χ1n) is 11.3. The number of carbonyl (C=O) groups excluding carboxylic acids is 3. The van der Waals surface area contributed by atoms with Crippen LogP contribution in [0.3, 0.4) is 0 Å². The van der Waals surface area contributed by atoms with Crippen LogP contribution in [0.2, 0.25) is 0 Å². The summed E-state index contributed by atoms with van der Waals surface area (Å²) in [6.45, 7) is 2.19. The van der Waals surface area contributed by atoms with Crippen LogP contribution in [-0.2, 0) is 22.7 Å². The number of nitrogens with one attached hydrogen (secondary N) is 3. The van der Waals surface area contributed by atoms with Crippen molar-refractivity contribution < 1.29 is 14.4 Å². The van der Waals surface area contributed by atoms with Gasteiger partial charge in [-0.1, -0.05) is 24.6 Å². The van der Waals surface area contributed by atoms with Crippen molar-refractivity contribution in [3.63, 3.8) is 0 Å². The van der Waals surface area contributed by atoms with E-state index in [9.17, 15) is 14.4 Å². The van der Waals surface area contributed by atoms with Gasteiger partial charge >= 0.3 is 0 Å². The average Bonchev–Trinajstić information content (AvgIpc) is 3.09. The van der Waals surface area contributed by atoms with Crippen molar-refractivity contribution in [2.75, 3.05) is 6.54 Å². The molecule has 0 aromatic heterocycles. The molecule has 1 aliphatic carbocycles. The van der Waals surface area contributed by atoms with E-state index in [1.807, 2.05) is 18.2 Å². The molecule has 160 valence electrons. The molecule has 0 radical (unpaired) electrons. The molecule has 1 saturated carbocycles. The summed E-state index contributed by atoms with van der Waals surface area (Å²) < 4.78 is 0. The normalized spacial score (nSPS) is 31.3. The number of hydrogen-bond acceptors (Lipinski definition) is 5. The molecule has 3 aliphatic heterocycles. The Labute approximate surface area is 177 Å². The maximum Gasteiger partial charge on any atom is 0.255 e. The summed E-state index contributed by atoms with van der Waals surface area (Å²) in [6.07, 6.45) is 7.00. The third kappa shape index (κ3) is 3.54. The van der Waals surface area contributed by atoms with E-state index in [4.69, 9.17) is 0 Å². The maximum atomic E-state index is 13.2. The van der Waals surface area contributed by atoms with Gasteiger partial charge in [-0.3, -0.25) is 19.7 Å². The molecule has 4 aliphatic rings. The molecule has 5 rings (SSSR count). The molecule has 0 spiro atoms. The first kappa shape index (κ1) is 19.7. The summed E-state index contributed by atoms with van der Waals surface area (Å²) in [6, 6.07) is 6.39. The minimum Gasteiger partial charge on any atom is -0.322 e. The number of amides is 3. The highest BCUT2D eigenvalue weighted by atomic mass is 16.2. The number of hydrogen-bond donors (Lipinski definition) is 3. The maximum absolute atomic E-state index is 13.2. The van der Waals surface area contributed by atoms with Crippen LogP contribution >= 0.6 is 0 Å². The Balaban J connectivity index is 1.30. The lowest BCUT2D eigenvalue weighted by atomic mass is 9.76. The van der Waals surface area contributed by atoms with Crippen molar-refractivity contribution in [3.05, 3.63) is 34.9 Å². The second-order valence-corrected chi connectivity index (χ2v) is 9.15. The molecular weight excluding hydrogens is 380 g/mol. The van der Waals surface area contributed by atoms with Crippen molar-refractivity contribution >= 4 is 17.7 Å². The Morgan fingerprint density at radius 3 is 2.80 bits per heavy atom. The van der Waals surface area contributed by atoms with Gasteiger partial charge in [-0.05, 0) is 55.7 Å². The number of nitrogens with zero attached hydrogens (tertiary/aromatic N) is 1. The number of carbonyl (C=O) groups is 3. The van der Waals surface area contributed by atoms with Crippen LogP contribution in [0.4, 0.5) is 0 Å². The summed E-state index contributed by atoms with van der Waals surface area (Å²) in [4.78, 5) is 38.6. The summed E-state index contributed by atoms with van der Waals surface area (Å²) in [7, 11) is 0. The van der Waals surface area contributed by atoms with Gasteiger partial charge in [0.2, 0.25) is 11.8 Å². The van der Waals surface area contributed by atoms with Crippen molar-refractivity contribution in [1.82, 2.24) is 20.9 Å². The van der Waals surface area contributed by atoms with E-state index in [1.54, 1.807) is 4.90 Å². The van der Waals surface area contributed by atoms with Crippen molar-refractivity contribution in [3.8, 4) is 0 Å². The van der Waals surface area contributed by atoms with Gasteiger partial charge in [-0.25, -0.2) is 0 Å². The van der Waals surface area contributed by atoms with Crippen LogP contribution in [0.25, 0.3) is 0 Å². The molecule has 30 heavy (non-hydrogen) atoms. The number of imide groups is 1. The third-order valence-electron chi connectivity index (χ3n) is 7.36. The Bertz CT molecular complexity index is 868. The van der Waals surface area contributed by atoms with Gasteiger partial charge in [0.1, 0.15) is 6.04 Å². The third-order valence-corrected chi connectivity index (χ3v) is 7.36. The summed E-state index contributed by atoms with van der Waals surface area (Å²) >= 11 is 0. The second-order valence-electron chi connectivity index (χ2n) is 9.15. The quantitative estimate of drug-likeness (QED) is 0.654. The van der Waals surface area contributed by atoms with Gasteiger partial charge in [0, 0.05) is 37.2 Å². The molecular formula is C23H30N4O3. The molecule has 3 fully saturated rings. The number of piperidine rings is 2. The Kier molecular flexibility index (Phi) is 5.33. The van der Waals surface area contributed by atoms with E-state index in [1.165, 1.54) is 32.1 Å². The van der Waals surface area contributed by atoms with E-state index in [2.05, 4.69) is 16.0 Å². The first-order valence-corrected chi connectivity index (χ1v) is 11.3. The van der Waals surface area contributed by atoms with E-state index in [0.29, 0.717) is 31.6 Å². The molecule has 3 amide bonds. The van der Waals surface area contributed by atoms with Gasteiger partial charge in [0.25, 0.3) is 5.91 Å². The Morgan fingerprint density at radius 2 is 1.93 bits per heavy atom. The van der Waals surface area contributed by atoms with Crippen LogP contribution < -0.4 is 16.0 Å². The van der Waals surface area contributed by atoms with Gasteiger partial charge in [-0.2, -0.15) is 0 Å². The van der Waals surface area contributed by atoms with Crippen molar-refractivity contribution in [2.45, 2.75) is 76.2 Å². The van der Waals surface area contributed by atoms with Crippen LogP contribution in [-0.4, -0.2) is 47.3 Å². The lowest BCUT2D eigenvalue weighted by molar-refractivity contribution is -0.136. The molecule has 7 heteroatoms. The fraction of sp³-hybridized carbons (Fsp3) is 0.609. The fourth-order valence-electron chi connectivity index (χ4n) is 5.86. The summed E-state index contributed by atoms with van der Waals surface area (Å²) in [5, 5.41) is 9.83. The number of fused-ring (bicyclic) bond motifs is 2. The van der Waals surface area contributed by atoms with Gasteiger partial charge in [0.15, 0.2) is 0 Å². The Hall–Kier alpha value is -2.25. The highest BCUT2D eigenvalue weighted by Gasteiger charge is 2.40. The van der Waals surface area contributed by atoms with E-state index >= 15 is 0 Å². The van der Waals surface area contributed by atoms with Crippen LogP contribution in [0, 0.1) is 5.92 Å². The topological polar surface area (TPSA) is 90.5 Å². The molecule has 1 aromatic carbocycles. The van der Waals surface area contributed by atoms with Crippen molar-refractivity contribution in [2.24, 2.45) is 5.92 Å². The highest BCUT2D eigenvalue weighted by molar-refractivity contribution is 6.05. The summed E-state index contributed by atoms with van der Waals surface area (Å²) in [5.74, 6) is 0.0569. The fourth-order valence-corrected chi connectivity index (χ4v) is 5.86. The van der Waals surface area contributed by atoms with Gasteiger partial charge in [0.05, 0.1) is 0 Å². The molecule has 2 saturated heterocycles. The van der Waals surface area contributed by atoms with E-state index in [0.717, 1.165) is 29.2 Å². The molecule has 7 nitrogen and oxygen atoms in total. The predicted octanol–water partition coefficient (Wildman–Crippen LogP) is 1.46. The minimum absolute atomic E-state index is 0.0887. The van der Waals surface area contributed by atoms with Crippen molar-refractivity contribution in [1.29, 1.82) is 0 Å². The monoisotopic (exact) mass is 410 g/mol. The predicted molar refractivity (Wildman–Crippen MR) is 111 cm³/mol. The number of rotatable bonds is 4. The molecule has 3 heterocycles. The highest BCUT2D eigenvalue weighted by Crippen LogP contribution is 2.32. The van der Waals surface area contributed by atoms with Crippen LogP contribution in [0.1, 0.15) is 66.4 Å². The zero-order valence-electron chi connectivity index (χ0n) is 17.3. The molecule has 0 bridgehead atoms. The Morgan fingerprint density at radius 1 is 1.07 bits per heavy atom. The summed E-state index contributed by atoms with van der Waals surface area (Å²) in [5.41, 5.74) is 2.71. The van der Waals surface area contributed by atoms with Gasteiger partial charge in [-0.15, -0.1) is 0 Å². The standard InChI is InChI=1S/C23H30N4O3/c28-19-10-9-18(22(29)26-19)27-13-16-6-1-5-15(20(16)23(27)30)12-25-17-8-2-4-14-7-3-11-24-21(14)17/h1,5-6,14,17-18,21,24-25H,2-4,7-13H2,(H,26,28,29). The minimum atomic E-state index is -0.561. The van der Waals surface area contributed by atoms with E-state index in [-0.39, 0.29) is 24.1 Å². The largest absolute Gasteiger partial charge is 0.322 e. The second kappa shape index (κ2) is 8.12. The lowest BCUT2D eigenvalue weighted by Gasteiger charge is -2.42. The van der Waals surface area contributed by atoms with Crippen LogP contribution in [0.5, 0.6) is 0 Å². The molecule has 1 aromatic rings. The van der Waals surface area contributed by atoms with Crippen LogP contribution in [0.15, 0.2) is 18.2 Å². The number of benzene rings is 1. The molecule has 3 N–H and O–H groups in total. The average molecular weight is 411 g/mol. The smallest absolute Gasteiger partial charge is 0.255 e. The zero-order valence-corrected chi connectivity index (χ0v) is 17.3. The lowest BCUT2D eigenvalue weighted by Crippen LogP contribution is -2.56. The molecule has 4 unspecified atom stereocenters. The molecule has 4 atom stereocenters.